The summed E-state index contributed by atoms with van der Waals surface area (Å²) in [5, 5.41) is 6.49. The van der Waals surface area contributed by atoms with Gasteiger partial charge in [-0.3, -0.25) is 9.98 Å². The minimum atomic E-state index is 0.848. The lowest BCUT2D eigenvalue weighted by atomic mass is 10.0. The molecule has 19 heavy (non-hydrogen) atoms. The minimum absolute atomic E-state index is 0.848. The zero-order valence-corrected chi connectivity index (χ0v) is 11.9. The molecule has 100 valence electrons. The second-order valence-electron chi connectivity index (χ2n) is 4.51. The molecule has 0 atom stereocenters. The van der Waals surface area contributed by atoms with E-state index in [0.717, 1.165) is 40.5 Å². The summed E-state index contributed by atoms with van der Waals surface area (Å²) >= 11 is 0. The summed E-state index contributed by atoms with van der Waals surface area (Å²) in [5.74, 6) is 0. The van der Waals surface area contributed by atoms with Gasteiger partial charge in [0.05, 0.1) is 17.1 Å². The fourth-order valence-corrected chi connectivity index (χ4v) is 2.10. The summed E-state index contributed by atoms with van der Waals surface area (Å²) in [6.45, 7) is 4.97. The smallest absolute Gasteiger partial charge is 0.0859 e. The Morgan fingerprint density at radius 1 is 1.42 bits per heavy atom. The van der Waals surface area contributed by atoms with Crippen LogP contribution in [0, 0.1) is 0 Å². The lowest BCUT2D eigenvalue weighted by Gasteiger charge is -2.15. The van der Waals surface area contributed by atoms with Gasteiger partial charge < -0.3 is 10.6 Å². The molecule has 1 aliphatic heterocycles. The molecule has 4 heteroatoms. The van der Waals surface area contributed by atoms with Gasteiger partial charge in [-0.25, -0.2) is 0 Å². The Morgan fingerprint density at radius 2 is 2.21 bits per heavy atom. The van der Waals surface area contributed by atoms with Crippen LogP contribution in [0.5, 0.6) is 0 Å². The van der Waals surface area contributed by atoms with E-state index in [1.807, 2.05) is 33.3 Å². The summed E-state index contributed by atoms with van der Waals surface area (Å²) in [7, 11) is 3.73. The minimum Gasteiger partial charge on any atom is -0.391 e. The molecule has 0 spiro atoms. The third kappa shape index (κ3) is 2.67. The quantitative estimate of drug-likeness (QED) is 0.817. The van der Waals surface area contributed by atoms with E-state index in [1.165, 1.54) is 0 Å². The highest BCUT2D eigenvalue weighted by Gasteiger charge is 2.12. The Kier molecular flexibility index (Phi) is 4.00. The van der Waals surface area contributed by atoms with Crippen LogP contribution in [0.25, 0.3) is 6.08 Å². The van der Waals surface area contributed by atoms with Crippen molar-refractivity contribution >= 4 is 17.5 Å². The predicted octanol–water partition coefficient (Wildman–Crippen LogP) is 2.45. The van der Waals surface area contributed by atoms with E-state index in [0.29, 0.717) is 0 Å². The van der Waals surface area contributed by atoms with Crippen molar-refractivity contribution in [1.82, 2.24) is 10.3 Å². The third-order valence-corrected chi connectivity index (χ3v) is 3.39. The Balaban J connectivity index is 2.44. The molecular weight excluding hydrogens is 236 g/mol. The number of nitrogens with one attached hydrogen (secondary N) is 2. The molecule has 0 aliphatic carbocycles. The zero-order chi connectivity index (χ0) is 13.8. The fourth-order valence-electron chi connectivity index (χ4n) is 2.10. The molecule has 0 saturated carbocycles. The number of allylic oxidation sites excluding steroid dienone is 2. The number of anilines is 1. The van der Waals surface area contributed by atoms with Crippen molar-refractivity contribution < 1.29 is 0 Å². The molecule has 1 aliphatic rings. The van der Waals surface area contributed by atoms with Crippen molar-refractivity contribution in [1.29, 1.82) is 0 Å². The van der Waals surface area contributed by atoms with Crippen molar-refractivity contribution in [3.63, 3.8) is 0 Å². The Hall–Kier alpha value is -2.10. The average Bonchev–Trinajstić information content (AvgIpc) is 2.46. The van der Waals surface area contributed by atoms with Crippen LogP contribution in [0.1, 0.15) is 25.1 Å². The normalized spacial score (nSPS) is 15.5. The molecule has 0 unspecified atom stereocenters. The highest BCUT2D eigenvalue weighted by Crippen LogP contribution is 2.21. The maximum Gasteiger partial charge on any atom is 0.0859 e. The molecule has 1 aromatic rings. The highest BCUT2D eigenvalue weighted by atomic mass is 14.9. The zero-order valence-electron chi connectivity index (χ0n) is 11.9. The average molecular weight is 256 g/mol. The molecule has 4 nitrogen and oxygen atoms in total. The SMILES string of the molecule is C/N=C(\C(C)=C(/C)NC)c1cnc2c(c1)NCC=C2. The summed E-state index contributed by atoms with van der Waals surface area (Å²) in [6, 6.07) is 2.11. The summed E-state index contributed by atoms with van der Waals surface area (Å²) in [4.78, 5) is 8.89. The van der Waals surface area contributed by atoms with Gasteiger partial charge in [-0.1, -0.05) is 6.08 Å². The molecule has 0 bridgehead atoms. The molecule has 2 rings (SSSR count). The highest BCUT2D eigenvalue weighted by molar-refractivity contribution is 6.13. The Bertz CT molecular complexity index is 568. The Labute approximate surface area is 114 Å². The van der Waals surface area contributed by atoms with Gasteiger partial charge in [0.2, 0.25) is 0 Å². The first-order chi connectivity index (χ1) is 9.17. The van der Waals surface area contributed by atoms with Crippen LogP contribution >= 0.6 is 0 Å². The van der Waals surface area contributed by atoms with Crippen LogP contribution in [-0.4, -0.2) is 31.3 Å². The van der Waals surface area contributed by atoms with Crippen LogP contribution in [0.15, 0.2) is 34.6 Å². The van der Waals surface area contributed by atoms with Crippen LogP contribution in [0.2, 0.25) is 0 Å². The number of rotatable bonds is 3. The number of hydrogen-bond donors (Lipinski definition) is 2. The third-order valence-electron chi connectivity index (χ3n) is 3.39. The molecule has 0 fully saturated rings. The van der Waals surface area contributed by atoms with Gasteiger partial charge in [-0.15, -0.1) is 0 Å². The fraction of sp³-hybridized carbons (Fsp3) is 0.333. The summed E-state index contributed by atoms with van der Waals surface area (Å²) < 4.78 is 0. The molecule has 0 amide bonds. The van der Waals surface area contributed by atoms with E-state index in [2.05, 4.69) is 39.7 Å². The number of pyridine rings is 1. The van der Waals surface area contributed by atoms with Gasteiger partial charge in [-0.05, 0) is 31.6 Å². The van der Waals surface area contributed by atoms with Crippen LogP contribution < -0.4 is 10.6 Å². The van der Waals surface area contributed by atoms with Crippen LogP contribution in [0.4, 0.5) is 5.69 Å². The predicted molar refractivity (Wildman–Crippen MR) is 81.7 cm³/mol. The lowest BCUT2D eigenvalue weighted by molar-refractivity contribution is 0.973. The second kappa shape index (κ2) is 5.69. The van der Waals surface area contributed by atoms with E-state index >= 15 is 0 Å². The van der Waals surface area contributed by atoms with Gasteiger partial charge in [0.15, 0.2) is 0 Å². The van der Waals surface area contributed by atoms with Gasteiger partial charge in [0.1, 0.15) is 0 Å². The van der Waals surface area contributed by atoms with Crippen molar-refractivity contribution in [3.05, 3.63) is 40.9 Å². The largest absolute Gasteiger partial charge is 0.391 e. The van der Waals surface area contributed by atoms with E-state index in [1.54, 1.807) is 0 Å². The first-order valence-electron chi connectivity index (χ1n) is 6.40. The van der Waals surface area contributed by atoms with Gasteiger partial charge in [0, 0.05) is 38.1 Å². The maximum absolute atomic E-state index is 4.48. The monoisotopic (exact) mass is 256 g/mol. The number of hydrogen-bond acceptors (Lipinski definition) is 4. The number of aromatic nitrogens is 1. The van der Waals surface area contributed by atoms with E-state index < -0.39 is 0 Å². The number of fused-ring (bicyclic) bond motifs is 1. The summed E-state index contributed by atoms with van der Waals surface area (Å²) in [6.07, 6.45) is 5.99. The Morgan fingerprint density at radius 3 is 2.89 bits per heavy atom. The van der Waals surface area contributed by atoms with Crippen LogP contribution in [0.3, 0.4) is 0 Å². The van der Waals surface area contributed by atoms with E-state index in [9.17, 15) is 0 Å². The molecule has 2 heterocycles. The van der Waals surface area contributed by atoms with Gasteiger partial charge >= 0.3 is 0 Å². The molecule has 2 N–H and O–H groups in total. The van der Waals surface area contributed by atoms with Crippen molar-refractivity contribution in [2.24, 2.45) is 4.99 Å². The van der Waals surface area contributed by atoms with Crippen LogP contribution in [-0.2, 0) is 0 Å². The molecule has 0 aromatic carbocycles. The number of aliphatic imine (C=N–C) groups is 1. The second-order valence-corrected chi connectivity index (χ2v) is 4.51. The molecule has 0 radical (unpaired) electrons. The topological polar surface area (TPSA) is 49.3 Å². The van der Waals surface area contributed by atoms with Crippen molar-refractivity contribution in [3.8, 4) is 0 Å². The molecule has 1 aromatic heterocycles. The van der Waals surface area contributed by atoms with Crippen molar-refractivity contribution in [2.45, 2.75) is 13.8 Å². The first-order valence-corrected chi connectivity index (χ1v) is 6.40. The molecular formula is C15H20N4. The lowest BCUT2D eigenvalue weighted by Crippen LogP contribution is -2.13. The number of nitrogens with zero attached hydrogens (tertiary/aromatic N) is 2. The standard InChI is InChI=1S/C15H20N4/c1-10(11(2)16-3)15(17-4)12-8-14-13(19-9-12)6-5-7-18-14/h5-6,8-9,16,18H,7H2,1-4H3/b11-10+,17-15+. The maximum atomic E-state index is 4.48. The molecule has 0 saturated heterocycles. The van der Waals surface area contributed by atoms with Gasteiger partial charge in [-0.2, -0.15) is 0 Å². The van der Waals surface area contributed by atoms with Gasteiger partial charge in [0.25, 0.3) is 0 Å². The van der Waals surface area contributed by atoms with E-state index in [4.69, 9.17) is 0 Å². The van der Waals surface area contributed by atoms with Crippen molar-refractivity contribution in [2.75, 3.05) is 26.0 Å². The first kappa shape index (κ1) is 13.3. The summed E-state index contributed by atoms with van der Waals surface area (Å²) in [5.41, 5.74) is 6.31. The van der Waals surface area contributed by atoms with E-state index in [-0.39, 0.29) is 0 Å².